The van der Waals surface area contributed by atoms with Gasteiger partial charge in [0.2, 0.25) is 0 Å². The fourth-order valence-electron chi connectivity index (χ4n) is 6.36. The van der Waals surface area contributed by atoms with Gasteiger partial charge in [0.15, 0.2) is 0 Å². The summed E-state index contributed by atoms with van der Waals surface area (Å²) >= 11 is 1.91. The predicted molar refractivity (Wildman–Crippen MR) is 189 cm³/mol. The molecule has 0 saturated carbocycles. The Morgan fingerprint density at radius 2 is 1.11 bits per heavy atom. The third-order valence-corrected chi connectivity index (χ3v) is 9.81. The molecule has 7 aromatic rings. The van der Waals surface area contributed by atoms with E-state index in [2.05, 4.69) is 140 Å². The van der Waals surface area contributed by atoms with E-state index in [1.54, 1.807) is 0 Å². The first-order chi connectivity index (χ1) is 21.7. The number of aromatic nitrogens is 1. The van der Waals surface area contributed by atoms with E-state index in [-0.39, 0.29) is 0 Å². The first-order valence-electron chi connectivity index (χ1n) is 15.3. The zero-order valence-corrected chi connectivity index (χ0v) is 25.4. The second kappa shape index (κ2) is 11.2. The van der Waals surface area contributed by atoms with Crippen molar-refractivity contribution in [3.05, 3.63) is 149 Å². The summed E-state index contributed by atoms with van der Waals surface area (Å²) in [6.07, 6.45) is 7.09. The molecule has 0 bridgehead atoms. The lowest BCUT2D eigenvalue weighted by molar-refractivity contribution is 1.13. The van der Waals surface area contributed by atoms with Gasteiger partial charge < -0.3 is 0 Å². The van der Waals surface area contributed by atoms with Crippen LogP contribution in [0.25, 0.3) is 78.1 Å². The van der Waals surface area contributed by atoms with Crippen LogP contribution in [0.1, 0.15) is 18.4 Å². The van der Waals surface area contributed by atoms with Crippen LogP contribution in [0, 0.1) is 6.92 Å². The van der Waals surface area contributed by atoms with Crippen LogP contribution in [0.3, 0.4) is 0 Å². The Balaban J connectivity index is 1.18. The molecule has 2 heteroatoms. The Hall–Kier alpha value is -5.05. The molecule has 0 saturated heterocycles. The van der Waals surface area contributed by atoms with Crippen LogP contribution in [0.15, 0.2) is 133 Å². The molecule has 0 amide bonds. The maximum atomic E-state index is 5.07. The zero-order chi connectivity index (χ0) is 29.5. The minimum absolute atomic E-state index is 0.979. The number of fused-ring (bicyclic) bond motifs is 3. The van der Waals surface area contributed by atoms with Gasteiger partial charge in [-0.15, -0.1) is 11.3 Å². The first-order valence-corrected chi connectivity index (χ1v) is 16.1. The van der Waals surface area contributed by atoms with Crippen LogP contribution in [0.5, 0.6) is 0 Å². The Morgan fingerprint density at radius 1 is 0.500 bits per heavy atom. The SMILES string of the molecule is Cc1cc(-c2ccc3sc4c(c3c2)=CCCC=4)ccc1-c1cccc(-c2cc(-c3ccccc3)nc(-c3ccccc3)c2)c1. The van der Waals surface area contributed by atoms with Gasteiger partial charge in [-0.2, -0.15) is 0 Å². The summed E-state index contributed by atoms with van der Waals surface area (Å²) in [5, 5.41) is 2.81. The fourth-order valence-corrected chi connectivity index (χ4v) is 7.52. The smallest absolute Gasteiger partial charge is 0.0715 e. The van der Waals surface area contributed by atoms with Crippen LogP contribution < -0.4 is 9.75 Å². The number of benzene rings is 5. The molecule has 0 atom stereocenters. The summed E-state index contributed by atoms with van der Waals surface area (Å²) in [6, 6.07) is 48.1. The highest BCUT2D eigenvalue weighted by atomic mass is 32.1. The maximum absolute atomic E-state index is 5.07. The minimum Gasteiger partial charge on any atom is -0.248 e. The summed E-state index contributed by atoms with van der Waals surface area (Å²) in [4.78, 5) is 5.07. The highest BCUT2D eigenvalue weighted by Crippen LogP contribution is 2.35. The van der Waals surface area contributed by atoms with Crippen LogP contribution in [0.2, 0.25) is 0 Å². The molecular formula is C42H31NS. The summed E-state index contributed by atoms with van der Waals surface area (Å²) in [5.41, 5.74) is 12.8. The lowest BCUT2D eigenvalue weighted by Gasteiger charge is -2.13. The molecule has 5 aromatic carbocycles. The topological polar surface area (TPSA) is 12.9 Å². The first kappa shape index (κ1) is 26.6. The fraction of sp³-hybridized carbons (Fsp3) is 0.0714. The highest BCUT2D eigenvalue weighted by Gasteiger charge is 2.12. The van der Waals surface area contributed by atoms with Gasteiger partial charge in [-0.1, -0.05) is 115 Å². The Labute approximate surface area is 262 Å². The Morgan fingerprint density at radius 3 is 1.84 bits per heavy atom. The monoisotopic (exact) mass is 581 g/mol. The van der Waals surface area contributed by atoms with E-state index in [1.807, 2.05) is 23.5 Å². The van der Waals surface area contributed by atoms with E-state index in [0.717, 1.165) is 40.9 Å². The Kier molecular flexibility index (Phi) is 6.78. The molecule has 2 aromatic heterocycles. The van der Waals surface area contributed by atoms with Gasteiger partial charge in [-0.3, -0.25) is 0 Å². The second-order valence-electron chi connectivity index (χ2n) is 11.5. The molecule has 1 aliphatic rings. The maximum Gasteiger partial charge on any atom is 0.0715 e. The number of rotatable bonds is 5. The number of pyridine rings is 1. The molecule has 1 nitrogen and oxygen atoms in total. The molecule has 0 fully saturated rings. The molecule has 2 heterocycles. The summed E-state index contributed by atoms with van der Waals surface area (Å²) < 4.78 is 2.80. The van der Waals surface area contributed by atoms with Gasteiger partial charge in [0.1, 0.15) is 0 Å². The number of hydrogen-bond acceptors (Lipinski definition) is 2. The van der Waals surface area contributed by atoms with Crippen molar-refractivity contribution < 1.29 is 0 Å². The van der Waals surface area contributed by atoms with Crippen molar-refractivity contribution in [1.82, 2.24) is 4.98 Å². The quantitative estimate of drug-likeness (QED) is 0.197. The number of nitrogens with zero attached hydrogens (tertiary/aromatic N) is 1. The largest absolute Gasteiger partial charge is 0.248 e. The van der Waals surface area contributed by atoms with Gasteiger partial charge in [-0.05, 0) is 94.3 Å². The molecule has 0 radical (unpaired) electrons. The van der Waals surface area contributed by atoms with Gasteiger partial charge in [0, 0.05) is 25.7 Å². The lowest BCUT2D eigenvalue weighted by Crippen LogP contribution is -2.20. The van der Waals surface area contributed by atoms with Crippen molar-refractivity contribution in [3.8, 4) is 55.9 Å². The van der Waals surface area contributed by atoms with Crippen molar-refractivity contribution in [1.29, 1.82) is 0 Å². The molecule has 1 aliphatic carbocycles. The van der Waals surface area contributed by atoms with E-state index < -0.39 is 0 Å². The van der Waals surface area contributed by atoms with Gasteiger partial charge in [0.05, 0.1) is 11.4 Å². The van der Waals surface area contributed by atoms with E-state index in [9.17, 15) is 0 Å². The molecule has 0 spiro atoms. The summed E-state index contributed by atoms with van der Waals surface area (Å²) in [5.74, 6) is 0. The lowest BCUT2D eigenvalue weighted by atomic mass is 9.93. The van der Waals surface area contributed by atoms with Crippen molar-refractivity contribution in [2.24, 2.45) is 0 Å². The van der Waals surface area contributed by atoms with Crippen molar-refractivity contribution >= 4 is 33.6 Å². The van der Waals surface area contributed by atoms with Crippen molar-refractivity contribution in [2.75, 3.05) is 0 Å². The number of thiophene rings is 1. The summed E-state index contributed by atoms with van der Waals surface area (Å²) in [7, 11) is 0. The average molecular weight is 582 g/mol. The average Bonchev–Trinajstić information content (AvgIpc) is 3.47. The van der Waals surface area contributed by atoms with Crippen LogP contribution in [-0.2, 0) is 0 Å². The zero-order valence-electron chi connectivity index (χ0n) is 24.6. The predicted octanol–water partition coefficient (Wildman–Crippen LogP) is 10.3. The molecule has 0 N–H and O–H groups in total. The van der Waals surface area contributed by atoms with Crippen molar-refractivity contribution in [3.63, 3.8) is 0 Å². The van der Waals surface area contributed by atoms with E-state index >= 15 is 0 Å². The van der Waals surface area contributed by atoms with Crippen LogP contribution in [-0.4, -0.2) is 4.98 Å². The molecule has 0 aliphatic heterocycles. The Bertz CT molecular complexity index is 2220. The minimum atomic E-state index is 0.979. The van der Waals surface area contributed by atoms with Gasteiger partial charge >= 0.3 is 0 Å². The van der Waals surface area contributed by atoms with E-state index in [0.29, 0.717) is 0 Å². The normalized spacial score (nSPS) is 12.4. The molecule has 8 rings (SSSR count). The number of aryl methyl sites for hydroxylation is 1. The molecule has 0 unspecified atom stereocenters. The molecule has 44 heavy (non-hydrogen) atoms. The molecule has 210 valence electrons. The number of hydrogen-bond donors (Lipinski definition) is 0. The van der Waals surface area contributed by atoms with Gasteiger partial charge in [0.25, 0.3) is 0 Å². The van der Waals surface area contributed by atoms with Crippen LogP contribution in [0.4, 0.5) is 0 Å². The van der Waals surface area contributed by atoms with E-state index in [1.165, 1.54) is 53.2 Å². The third-order valence-electron chi connectivity index (χ3n) is 8.63. The summed E-state index contributed by atoms with van der Waals surface area (Å²) in [6.45, 7) is 2.23. The highest BCUT2D eigenvalue weighted by molar-refractivity contribution is 7.17. The van der Waals surface area contributed by atoms with E-state index in [4.69, 9.17) is 4.98 Å². The third kappa shape index (κ3) is 4.98. The van der Waals surface area contributed by atoms with Crippen LogP contribution >= 0.6 is 11.3 Å². The standard InChI is InChI=1S/C42H31NS/c1-28-23-32(33-20-22-42-38(25-33)37-17-8-9-18-41(37)44-42)19-21-36(28)34-16-10-15-31(24-34)35-26-39(29-11-4-2-5-12-29)43-40(27-35)30-13-6-3-7-14-30/h2-7,10-27H,8-9H2,1H3. The molecular weight excluding hydrogens is 551 g/mol. The second-order valence-corrected chi connectivity index (χ2v) is 12.6. The van der Waals surface area contributed by atoms with Crippen molar-refractivity contribution in [2.45, 2.75) is 19.8 Å². The van der Waals surface area contributed by atoms with Gasteiger partial charge in [-0.25, -0.2) is 4.98 Å².